The maximum atomic E-state index is 13.8. The topological polar surface area (TPSA) is 136 Å². The number of alkyl carbamates (subject to hydrolysis) is 1. The minimum absolute atomic E-state index is 0.0554. The summed E-state index contributed by atoms with van der Waals surface area (Å²) in [6.45, 7) is 6.98. The number of thiazole rings is 1. The van der Waals surface area contributed by atoms with Crippen LogP contribution >= 0.6 is 23.1 Å². The number of aromatic nitrogens is 1. The van der Waals surface area contributed by atoms with Crippen LogP contribution in [-0.4, -0.2) is 53.9 Å². The summed E-state index contributed by atoms with van der Waals surface area (Å²) in [4.78, 5) is 57.0. The number of methoxy groups -OCH3 is 1. The number of ether oxygens (including phenoxy) is 2. The first-order chi connectivity index (χ1) is 19.4. The van der Waals surface area contributed by atoms with Gasteiger partial charge in [-0.2, -0.15) is 0 Å². The zero-order chi connectivity index (χ0) is 30.2. The molecule has 0 radical (unpaired) electrons. The molecule has 218 valence electrons. The average Bonchev–Trinajstić information content (AvgIpc) is 3.41. The SMILES string of the molecule is COC(=O)c1csc(NC(=O)[C@@H](NC(=O)C(NC(=O)OC(C)(C)C)c2ccc(SC)cc2)[C@@H](C)c2ccccc2)n1. The van der Waals surface area contributed by atoms with Gasteiger partial charge in [-0.05, 0) is 50.3 Å². The highest BCUT2D eigenvalue weighted by molar-refractivity contribution is 7.98. The minimum Gasteiger partial charge on any atom is -0.464 e. The van der Waals surface area contributed by atoms with Crippen molar-refractivity contribution in [2.24, 2.45) is 0 Å². The second-order valence-electron chi connectivity index (χ2n) is 10.1. The van der Waals surface area contributed by atoms with Gasteiger partial charge in [-0.15, -0.1) is 23.1 Å². The van der Waals surface area contributed by atoms with E-state index in [0.29, 0.717) is 5.56 Å². The predicted octanol–water partition coefficient (Wildman–Crippen LogP) is 5.14. The third-order valence-electron chi connectivity index (χ3n) is 5.91. The molecule has 3 amide bonds. The fourth-order valence-corrected chi connectivity index (χ4v) is 4.93. The molecule has 3 atom stereocenters. The van der Waals surface area contributed by atoms with E-state index in [2.05, 4.69) is 25.7 Å². The van der Waals surface area contributed by atoms with E-state index in [9.17, 15) is 19.2 Å². The first kappa shape index (κ1) is 31.6. The lowest BCUT2D eigenvalue weighted by Crippen LogP contribution is -2.51. The number of esters is 1. The smallest absolute Gasteiger partial charge is 0.408 e. The molecule has 0 bridgehead atoms. The summed E-state index contributed by atoms with van der Waals surface area (Å²) in [7, 11) is 1.24. The van der Waals surface area contributed by atoms with Gasteiger partial charge >= 0.3 is 12.1 Å². The van der Waals surface area contributed by atoms with Gasteiger partial charge in [-0.3, -0.25) is 9.59 Å². The van der Waals surface area contributed by atoms with Gasteiger partial charge in [-0.25, -0.2) is 14.6 Å². The van der Waals surface area contributed by atoms with Crippen molar-refractivity contribution in [2.45, 2.75) is 56.2 Å². The van der Waals surface area contributed by atoms with E-state index in [-0.39, 0.29) is 10.8 Å². The van der Waals surface area contributed by atoms with E-state index in [1.54, 1.807) is 44.7 Å². The maximum Gasteiger partial charge on any atom is 0.408 e. The molecule has 1 heterocycles. The number of carbonyl (C=O) groups excluding carboxylic acids is 4. The number of hydrogen-bond acceptors (Lipinski definition) is 9. The summed E-state index contributed by atoms with van der Waals surface area (Å²) in [6, 6.07) is 14.2. The molecule has 12 heteroatoms. The van der Waals surface area contributed by atoms with Crippen molar-refractivity contribution in [2.75, 3.05) is 18.7 Å². The molecule has 0 spiro atoms. The van der Waals surface area contributed by atoms with Crippen LogP contribution in [0, 0.1) is 0 Å². The Bertz CT molecular complexity index is 1360. The van der Waals surface area contributed by atoms with Gasteiger partial charge in [0.15, 0.2) is 10.8 Å². The average molecular weight is 599 g/mol. The van der Waals surface area contributed by atoms with Crippen LogP contribution in [0.3, 0.4) is 0 Å². The van der Waals surface area contributed by atoms with Crippen molar-refractivity contribution in [3.05, 3.63) is 76.8 Å². The summed E-state index contributed by atoms with van der Waals surface area (Å²) >= 11 is 2.60. The van der Waals surface area contributed by atoms with Crippen LogP contribution in [-0.2, 0) is 19.1 Å². The van der Waals surface area contributed by atoms with Gasteiger partial charge in [-0.1, -0.05) is 49.4 Å². The van der Waals surface area contributed by atoms with E-state index in [1.165, 1.54) is 12.5 Å². The Labute approximate surface area is 247 Å². The molecule has 1 unspecified atom stereocenters. The number of hydrogen-bond donors (Lipinski definition) is 3. The number of thioether (sulfide) groups is 1. The zero-order valence-corrected chi connectivity index (χ0v) is 25.4. The van der Waals surface area contributed by atoms with Crippen LogP contribution in [0.25, 0.3) is 0 Å². The standard InChI is InChI=1S/C29H34N4O6S2/c1-17(18-10-8-7-9-11-18)22(24(34)33-27-30-21(16-41-27)26(36)38-5)31-25(35)23(32-28(37)39-29(2,3)4)19-12-14-20(40-6)15-13-19/h7-17,22-23H,1-6H3,(H,31,35)(H,32,37)(H,30,33,34)/t17-,22-,23?/m0/s1. The third kappa shape index (κ3) is 9.05. The van der Waals surface area contributed by atoms with Gasteiger partial charge in [0.2, 0.25) is 11.8 Å². The van der Waals surface area contributed by atoms with Crippen molar-refractivity contribution in [1.29, 1.82) is 0 Å². The van der Waals surface area contributed by atoms with Crippen molar-refractivity contribution >= 4 is 52.1 Å². The summed E-state index contributed by atoms with van der Waals surface area (Å²) in [5, 5.41) is 9.81. The quantitative estimate of drug-likeness (QED) is 0.216. The number of nitrogens with zero attached hydrogens (tertiary/aromatic N) is 1. The molecule has 0 aliphatic heterocycles. The predicted molar refractivity (Wildman–Crippen MR) is 159 cm³/mol. The van der Waals surface area contributed by atoms with Crippen molar-refractivity contribution < 1.29 is 28.7 Å². The van der Waals surface area contributed by atoms with Gasteiger partial charge in [0.05, 0.1) is 7.11 Å². The Morgan fingerprint density at radius 3 is 2.17 bits per heavy atom. The normalized spacial score (nSPS) is 13.3. The summed E-state index contributed by atoms with van der Waals surface area (Å²) in [6.07, 6.45) is 1.16. The Balaban J connectivity index is 1.92. The highest BCUT2D eigenvalue weighted by Gasteiger charge is 2.33. The van der Waals surface area contributed by atoms with Crippen LogP contribution in [0.4, 0.5) is 9.93 Å². The molecule has 2 aromatic carbocycles. The monoisotopic (exact) mass is 598 g/mol. The Morgan fingerprint density at radius 1 is 0.927 bits per heavy atom. The largest absolute Gasteiger partial charge is 0.464 e. The molecule has 0 saturated heterocycles. The summed E-state index contributed by atoms with van der Waals surface area (Å²) in [5.74, 6) is -2.26. The van der Waals surface area contributed by atoms with E-state index in [1.807, 2.05) is 55.6 Å². The Hall–Kier alpha value is -3.90. The molecular weight excluding hydrogens is 564 g/mol. The lowest BCUT2D eigenvalue weighted by atomic mass is 9.92. The van der Waals surface area contributed by atoms with E-state index >= 15 is 0 Å². The highest BCUT2D eigenvalue weighted by Crippen LogP contribution is 2.25. The molecule has 41 heavy (non-hydrogen) atoms. The number of anilines is 1. The number of amides is 3. The molecule has 0 aliphatic carbocycles. The van der Waals surface area contributed by atoms with Crippen molar-refractivity contribution in [1.82, 2.24) is 15.6 Å². The van der Waals surface area contributed by atoms with Crippen LogP contribution < -0.4 is 16.0 Å². The molecule has 0 aliphatic rings. The van der Waals surface area contributed by atoms with Gasteiger partial charge in [0, 0.05) is 16.2 Å². The maximum absolute atomic E-state index is 13.8. The Kier molecular flexibility index (Phi) is 10.9. The van der Waals surface area contributed by atoms with Crippen molar-refractivity contribution in [3.63, 3.8) is 0 Å². The van der Waals surface area contributed by atoms with E-state index in [0.717, 1.165) is 21.8 Å². The molecule has 10 nitrogen and oxygen atoms in total. The summed E-state index contributed by atoms with van der Waals surface area (Å²) < 4.78 is 10.1. The minimum atomic E-state index is -1.15. The fraction of sp³-hybridized carbons (Fsp3) is 0.345. The number of nitrogens with one attached hydrogen (secondary N) is 3. The van der Waals surface area contributed by atoms with Crippen molar-refractivity contribution in [3.8, 4) is 0 Å². The molecule has 1 aromatic heterocycles. The van der Waals surface area contributed by atoms with E-state index < -0.39 is 47.5 Å². The van der Waals surface area contributed by atoms with Gasteiger partial charge < -0.3 is 25.4 Å². The second kappa shape index (κ2) is 14.1. The first-order valence-electron chi connectivity index (χ1n) is 12.7. The first-order valence-corrected chi connectivity index (χ1v) is 14.9. The van der Waals surface area contributed by atoms with Crippen LogP contribution in [0.1, 0.15) is 61.3 Å². The molecule has 3 rings (SSSR count). The number of carbonyl (C=O) groups is 4. The van der Waals surface area contributed by atoms with Gasteiger partial charge in [0.25, 0.3) is 0 Å². The second-order valence-corrected chi connectivity index (χ2v) is 11.8. The molecule has 0 fully saturated rings. The third-order valence-corrected chi connectivity index (χ3v) is 7.41. The fourth-order valence-electron chi connectivity index (χ4n) is 3.84. The number of rotatable bonds is 10. The lowest BCUT2D eigenvalue weighted by Gasteiger charge is -2.28. The van der Waals surface area contributed by atoms with E-state index in [4.69, 9.17) is 4.74 Å². The van der Waals surface area contributed by atoms with Crippen LogP contribution in [0.2, 0.25) is 0 Å². The summed E-state index contributed by atoms with van der Waals surface area (Å²) in [5.41, 5.74) is 0.595. The molecule has 0 saturated carbocycles. The molecule has 3 aromatic rings. The van der Waals surface area contributed by atoms with Gasteiger partial charge in [0.1, 0.15) is 17.7 Å². The Morgan fingerprint density at radius 2 is 1.59 bits per heavy atom. The molecule has 3 N–H and O–H groups in total. The molecular formula is C29H34N4O6S2. The number of benzene rings is 2. The zero-order valence-electron chi connectivity index (χ0n) is 23.7. The lowest BCUT2D eigenvalue weighted by molar-refractivity contribution is -0.128. The van der Waals surface area contributed by atoms with Crippen LogP contribution in [0.5, 0.6) is 0 Å². The highest BCUT2D eigenvalue weighted by atomic mass is 32.2. The van der Waals surface area contributed by atoms with Crippen LogP contribution in [0.15, 0.2) is 64.9 Å².